The lowest BCUT2D eigenvalue weighted by Crippen LogP contribution is -2.04. The maximum atomic E-state index is 13.1. The molecule has 0 atom stereocenters. The van der Waals surface area contributed by atoms with Crippen molar-refractivity contribution in [1.82, 2.24) is 0 Å². The predicted octanol–water partition coefficient (Wildman–Crippen LogP) is 11.7. The Bertz CT molecular complexity index is 2000. The van der Waals surface area contributed by atoms with Crippen LogP contribution in [-0.4, -0.2) is 0 Å². The van der Waals surface area contributed by atoms with Crippen molar-refractivity contribution >= 4 is 31.5 Å². The second-order valence-electron chi connectivity index (χ2n) is 10.1. The van der Waals surface area contributed by atoms with Crippen molar-refractivity contribution in [2.75, 3.05) is 0 Å². The molecule has 0 saturated heterocycles. The number of rotatable bonds is 4. The largest absolute Gasteiger partial charge is 0.416 e. The molecule has 7 rings (SSSR count). The third-order valence-electron chi connectivity index (χ3n) is 7.55. The molecule has 7 aromatic rings. The average Bonchev–Trinajstić information content (AvgIpc) is 3.39. The Morgan fingerprint density at radius 2 is 0.805 bits per heavy atom. The van der Waals surface area contributed by atoms with E-state index in [2.05, 4.69) is 91.0 Å². The molecular formula is C37H23F3S. The highest BCUT2D eigenvalue weighted by Crippen LogP contribution is 2.37. The van der Waals surface area contributed by atoms with Crippen LogP contribution in [0, 0.1) is 0 Å². The molecule has 41 heavy (non-hydrogen) atoms. The van der Waals surface area contributed by atoms with Gasteiger partial charge < -0.3 is 0 Å². The first kappa shape index (κ1) is 25.3. The van der Waals surface area contributed by atoms with Crippen molar-refractivity contribution < 1.29 is 13.2 Å². The Hall–Kier alpha value is -4.67. The SMILES string of the molecule is FC(F)(F)c1cccc(-c2ccc(-c3ccc(-c4ccc(-c5ccc6sc7ccccc7c6c5)cc4)cc3)cc2)c1. The molecule has 1 heterocycles. The molecule has 0 spiro atoms. The summed E-state index contributed by atoms with van der Waals surface area (Å²) >= 11 is 1.83. The van der Waals surface area contributed by atoms with Crippen LogP contribution in [0.25, 0.3) is 64.7 Å². The Labute approximate surface area is 240 Å². The van der Waals surface area contributed by atoms with Crippen LogP contribution in [0.4, 0.5) is 13.2 Å². The van der Waals surface area contributed by atoms with E-state index in [1.807, 2.05) is 35.6 Å². The maximum Gasteiger partial charge on any atom is 0.416 e. The van der Waals surface area contributed by atoms with Gasteiger partial charge in [-0.25, -0.2) is 0 Å². The first-order valence-corrected chi connectivity index (χ1v) is 14.1. The Kier molecular flexibility index (Phi) is 6.21. The molecule has 198 valence electrons. The van der Waals surface area contributed by atoms with Gasteiger partial charge in [-0.05, 0) is 74.8 Å². The maximum absolute atomic E-state index is 13.1. The van der Waals surface area contributed by atoms with Crippen molar-refractivity contribution in [3.63, 3.8) is 0 Å². The van der Waals surface area contributed by atoms with Crippen LogP contribution in [0.3, 0.4) is 0 Å². The fourth-order valence-corrected chi connectivity index (χ4v) is 6.43. The van der Waals surface area contributed by atoms with Gasteiger partial charge in [-0.1, -0.05) is 109 Å². The van der Waals surface area contributed by atoms with Gasteiger partial charge in [-0.15, -0.1) is 11.3 Å². The molecule has 0 aliphatic carbocycles. The first-order chi connectivity index (χ1) is 19.9. The summed E-state index contributed by atoms with van der Waals surface area (Å²) in [6, 6.07) is 45.4. The van der Waals surface area contributed by atoms with E-state index in [9.17, 15) is 13.2 Å². The molecular weight excluding hydrogens is 533 g/mol. The van der Waals surface area contributed by atoms with E-state index in [0.717, 1.165) is 33.9 Å². The van der Waals surface area contributed by atoms with Gasteiger partial charge in [0.25, 0.3) is 0 Å². The smallest absolute Gasteiger partial charge is 0.166 e. The van der Waals surface area contributed by atoms with E-state index in [-0.39, 0.29) is 0 Å². The van der Waals surface area contributed by atoms with Crippen molar-refractivity contribution in [1.29, 1.82) is 0 Å². The van der Waals surface area contributed by atoms with Gasteiger partial charge >= 0.3 is 6.18 Å². The van der Waals surface area contributed by atoms with E-state index in [1.54, 1.807) is 6.07 Å². The summed E-state index contributed by atoms with van der Waals surface area (Å²) in [5.74, 6) is 0. The van der Waals surface area contributed by atoms with Crippen LogP contribution in [0.15, 0.2) is 140 Å². The zero-order valence-electron chi connectivity index (χ0n) is 21.8. The van der Waals surface area contributed by atoms with Crippen molar-refractivity contribution in [2.45, 2.75) is 6.18 Å². The minimum atomic E-state index is -4.36. The van der Waals surface area contributed by atoms with Gasteiger partial charge in [0.1, 0.15) is 0 Å². The summed E-state index contributed by atoms with van der Waals surface area (Å²) in [6.07, 6.45) is -4.36. The highest BCUT2D eigenvalue weighted by Gasteiger charge is 2.30. The minimum Gasteiger partial charge on any atom is -0.166 e. The van der Waals surface area contributed by atoms with Crippen LogP contribution in [-0.2, 0) is 6.18 Å². The summed E-state index contributed by atoms with van der Waals surface area (Å²) in [6.45, 7) is 0. The fourth-order valence-electron chi connectivity index (χ4n) is 5.35. The van der Waals surface area contributed by atoms with Crippen LogP contribution in [0.1, 0.15) is 5.56 Å². The van der Waals surface area contributed by atoms with Crippen LogP contribution < -0.4 is 0 Å². The highest BCUT2D eigenvalue weighted by atomic mass is 32.1. The van der Waals surface area contributed by atoms with E-state index in [0.29, 0.717) is 5.56 Å². The third-order valence-corrected chi connectivity index (χ3v) is 8.71. The normalized spacial score (nSPS) is 11.8. The Morgan fingerprint density at radius 1 is 0.366 bits per heavy atom. The standard InChI is InChI=1S/C37H23F3S/c38-37(39,40)32-5-3-4-30(22-32)28-16-12-26(13-17-28)24-8-10-25(11-9-24)27-14-18-29(19-15-27)31-20-21-36-34(23-31)33-6-1-2-7-35(33)41-36/h1-23H. The van der Waals surface area contributed by atoms with Crippen LogP contribution in [0.5, 0.6) is 0 Å². The molecule has 0 fully saturated rings. The van der Waals surface area contributed by atoms with Gasteiger partial charge in [0.2, 0.25) is 0 Å². The lowest BCUT2D eigenvalue weighted by molar-refractivity contribution is -0.137. The molecule has 1 aromatic heterocycles. The minimum absolute atomic E-state index is 0.550. The number of halogens is 3. The second-order valence-corrected chi connectivity index (χ2v) is 11.2. The molecule has 0 amide bonds. The predicted molar refractivity (Wildman–Crippen MR) is 166 cm³/mol. The zero-order valence-corrected chi connectivity index (χ0v) is 22.6. The molecule has 0 aliphatic rings. The van der Waals surface area contributed by atoms with Crippen molar-refractivity contribution in [3.8, 4) is 44.5 Å². The lowest BCUT2D eigenvalue weighted by Gasteiger charge is -2.10. The summed E-state index contributed by atoms with van der Waals surface area (Å²) in [5.41, 5.74) is 7.38. The second kappa shape index (κ2) is 10.1. The summed E-state index contributed by atoms with van der Waals surface area (Å²) in [7, 11) is 0. The number of hydrogen-bond acceptors (Lipinski definition) is 1. The summed E-state index contributed by atoms with van der Waals surface area (Å²) in [5, 5.41) is 2.60. The Balaban J connectivity index is 1.10. The summed E-state index contributed by atoms with van der Waals surface area (Å²) in [4.78, 5) is 0. The molecule has 0 saturated carbocycles. The van der Waals surface area contributed by atoms with Crippen molar-refractivity contribution in [3.05, 3.63) is 145 Å². The molecule has 0 bridgehead atoms. The molecule has 0 nitrogen and oxygen atoms in total. The monoisotopic (exact) mass is 556 g/mol. The zero-order chi connectivity index (χ0) is 28.0. The van der Waals surface area contributed by atoms with Crippen LogP contribution in [0.2, 0.25) is 0 Å². The van der Waals surface area contributed by atoms with Gasteiger partial charge in [0.15, 0.2) is 0 Å². The molecule has 4 heteroatoms. The Morgan fingerprint density at radius 3 is 1.34 bits per heavy atom. The fraction of sp³-hybridized carbons (Fsp3) is 0.0270. The number of hydrogen-bond donors (Lipinski definition) is 0. The van der Waals surface area contributed by atoms with Gasteiger partial charge in [-0.3, -0.25) is 0 Å². The van der Waals surface area contributed by atoms with Gasteiger partial charge in [0.05, 0.1) is 5.56 Å². The molecule has 0 unspecified atom stereocenters. The van der Waals surface area contributed by atoms with Crippen molar-refractivity contribution in [2.24, 2.45) is 0 Å². The molecule has 0 aliphatic heterocycles. The average molecular weight is 557 g/mol. The van der Waals surface area contributed by atoms with Gasteiger partial charge in [-0.2, -0.15) is 13.2 Å². The number of benzene rings is 6. The first-order valence-electron chi connectivity index (χ1n) is 13.3. The van der Waals surface area contributed by atoms with E-state index in [1.165, 1.54) is 43.4 Å². The van der Waals surface area contributed by atoms with Crippen LogP contribution >= 0.6 is 11.3 Å². The third kappa shape index (κ3) is 4.92. The van der Waals surface area contributed by atoms with E-state index < -0.39 is 11.7 Å². The molecule has 0 N–H and O–H groups in total. The topological polar surface area (TPSA) is 0 Å². The highest BCUT2D eigenvalue weighted by molar-refractivity contribution is 7.25. The number of fused-ring (bicyclic) bond motifs is 3. The molecule has 6 aromatic carbocycles. The van der Waals surface area contributed by atoms with E-state index >= 15 is 0 Å². The number of alkyl halides is 3. The van der Waals surface area contributed by atoms with E-state index in [4.69, 9.17) is 0 Å². The quantitative estimate of drug-likeness (QED) is 0.202. The molecule has 0 radical (unpaired) electrons. The number of thiophene rings is 1. The lowest BCUT2D eigenvalue weighted by atomic mass is 9.96. The van der Waals surface area contributed by atoms with Gasteiger partial charge in [0, 0.05) is 20.2 Å². The summed E-state index contributed by atoms with van der Waals surface area (Å²) < 4.78 is 41.9.